The summed E-state index contributed by atoms with van der Waals surface area (Å²) in [5.74, 6) is 3.41. The van der Waals surface area contributed by atoms with E-state index >= 15 is 0 Å². The molecular weight excluding hydrogens is 96.1 g/mol. The third-order valence-corrected chi connectivity index (χ3v) is 3.20. The van der Waals surface area contributed by atoms with Gasteiger partial charge in [-0.2, -0.15) is 0 Å². The molecule has 46 valence electrons. The molecule has 0 aromatic rings. The maximum atomic E-state index is 2.42. The van der Waals surface area contributed by atoms with Crippen LogP contribution < -0.4 is 0 Å². The van der Waals surface area contributed by atoms with Crippen LogP contribution in [0.1, 0.15) is 32.6 Å². The van der Waals surface area contributed by atoms with Gasteiger partial charge in [0.1, 0.15) is 0 Å². The molecule has 0 nitrogen and oxygen atoms in total. The molecule has 0 heterocycles. The molecule has 0 saturated heterocycles. The zero-order chi connectivity index (χ0) is 5.56. The zero-order valence-corrected chi connectivity index (χ0v) is 5.56. The molecule has 2 unspecified atom stereocenters. The second-order valence-corrected chi connectivity index (χ2v) is 3.56. The first kappa shape index (κ1) is 4.84. The second kappa shape index (κ2) is 1.49. The van der Waals surface area contributed by atoms with Crippen molar-refractivity contribution < 1.29 is 0 Å². The molecule has 0 bridgehead atoms. The third kappa shape index (κ3) is 0.463. The Labute approximate surface area is 51.3 Å². The summed E-state index contributed by atoms with van der Waals surface area (Å²) in [4.78, 5) is 0. The first-order chi connectivity index (χ1) is 3.88. The summed E-state index contributed by atoms with van der Waals surface area (Å²) < 4.78 is 0. The van der Waals surface area contributed by atoms with E-state index in [4.69, 9.17) is 0 Å². The molecule has 0 aromatic heterocycles. The molecule has 2 aliphatic rings. The molecule has 0 amide bonds. The molecule has 2 aliphatic carbocycles. The maximum Gasteiger partial charge on any atom is -0.0360 e. The quantitative estimate of drug-likeness (QED) is 0.449. The second-order valence-electron chi connectivity index (χ2n) is 3.56. The number of hydrogen-bond acceptors (Lipinski definition) is 0. The molecule has 2 rings (SSSR count). The lowest BCUT2D eigenvalue weighted by molar-refractivity contribution is 0.180. The summed E-state index contributed by atoms with van der Waals surface area (Å²) in [5.41, 5.74) is 0. The fraction of sp³-hybridized carbons (Fsp3) is 1.00. The van der Waals surface area contributed by atoms with Gasteiger partial charge >= 0.3 is 0 Å². The van der Waals surface area contributed by atoms with Crippen molar-refractivity contribution in [1.82, 2.24) is 0 Å². The molecule has 0 spiro atoms. The van der Waals surface area contributed by atoms with Crippen molar-refractivity contribution in [3.05, 3.63) is 0 Å². The van der Waals surface area contributed by atoms with Gasteiger partial charge in [-0.1, -0.05) is 13.3 Å². The summed E-state index contributed by atoms with van der Waals surface area (Å²) in [6.45, 7) is 2.42. The lowest BCUT2D eigenvalue weighted by atomic mass is 9.73. The minimum Gasteiger partial charge on any atom is -0.0622 e. The van der Waals surface area contributed by atoms with Crippen molar-refractivity contribution in [1.29, 1.82) is 0 Å². The predicted molar refractivity (Wildman–Crippen MR) is 34.6 cm³/mol. The van der Waals surface area contributed by atoms with Crippen LogP contribution in [-0.4, -0.2) is 0 Å². The fourth-order valence-corrected chi connectivity index (χ4v) is 2.39. The van der Waals surface area contributed by atoms with Crippen molar-refractivity contribution >= 4 is 0 Å². The molecule has 2 fully saturated rings. The SMILES string of the molecule is CC1CCC2CC[C@H]12. The van der Waals surface area contributed by atoms with Crippen LogP contribution in [0.5, 0.6) is 0 Å². The molecular formula is C8H14. The van der Waals surface area contributed by atoms with E-state index in [0.717, 1.165) is 11.8 Å². The van der Waals surface area contributed by atoms with Gasteiger partial charge in [0.25, 0.3) is 0 Å². The van der Waals surface area contributed by atoms with E-state index in [1.807, 2.05) is 0 Å². The Morgan fingerprint density at radius 1 is 1.00 bits per heavy atom. The van der Waals surface area contributed by atoms with Gasteiger partial charge in [-0.25, -0.2) is 0 Å². The van der Waals surface area contributed by atoms with Gasteiger partial charge in [-0.15, -0.1) is 0 Å². The first-order valence-corrected chi connectivity index (χ1v) is 3.88. The van der Waals surface area contributed by atoms with Crippen LogP contribution in [-0.2, 0) is 0 Å². The molecule has 0 aromatic carbocycles. The Bertz CT molecular complexity index is 90.2. The van der Waals surface area contributed by atoms with E-state index in [1.54, 1.807) is 19.3 Å². The van der Waals surface area contributed by atoms with Gasteiger partial charge in [0.05, 0.1) is 0 Å². The summed E-state index contributed by atoms with van der Waals surface area (Å²) in [7, 11) is 0. The van der Waals surface area contributed by atoms with E-state index < -0.39 is 0 Å². The highest BCUT2D eigenvalue weighted by atomic mass is 14.4. The standard InChI is InChI=1S/C8H14/c1-6-2-3-7-4-5-8(6)7/h6-8H,2-5H2,1H3/t6?,7?,8-/m1/s1. The summed E-state index contributed by atoms with van der Waals surface area (Å²) in [6, 6.07) is 0. The minimum absolute atomic E-state index is 1.08. The Balaban J connectivity index is 2.05. The first-order valence-electron chi connectivity index (χ1n) is 3.88. The summed E-state index contributed by atoms with van der Waals surface area (Å²) in [5, 5.41) is 0. The largest absolute Gasteiger partial charge is 0.0622 e. The molecule has 0 radical (unpaired) electrons. The van der Waals surface area contributed by atoms with Crippen LogP contribution in [0.3, 0.4) is 0 Å². The van der Waals surface area contributed by atoms with E-state index in [9.17, 15) is 0 Å². The van der Waals surface area contributed by atoms with E-state index in [-0.39, 0.29) is 0 Å². The van der Waals surface area contributed by atoms with Gasteiger partial charge in [0.15, 0.2) is 0 Å². The molecule has 8 heavy (non-hydrogen) atoms. The lowest BCUT2D eigenvalue weighted by Gasteiger charge is -2.32. The molecule has 0 aliphatic heterocycles. The average molecular weight is 110 g/mol. The van der Waals surface area contributed by atoms with Crippen molar-refractivity contribution in [2.75, 3.05) is 0 Å². The van der Waals surface area contributed by atoms with E-state index in [1.165, 1.54) is 12.3 Å². The Kier molecular flexibility index (Phi) is 0.902. The number of hydrogen-bond donors (Lipinski definition) is 0. The fourth-order valence-electron chi connectivity index (χ4n) is 2.39. The molecule has 3 atom stereocenters. The van der Waals surface area contributed by atoms with Gasteiger partial charge < -0.3 is 0 Å². The minimum atomic E-state index is 1.08. The summed E-state index contributed by atoms with van der Waals surface area (Å²) in [6.07, 6.45) is 6.17. The maximum absolute atomic E-state index is 2.42. The zero-order valence-electron chi connectivity index (χ0n) is 5.56. The van der Waals surface area contributed by atoms with Gasteiger partial charge in [0.2, 0.25) is 0 Å². The van der Waals surface area contributed by atoms with Crippen LogP contribution in [0.2, 0.25) is 0 Å². The van der Waals surface area contributed by atoms with Gasteiger partial charge in [-0.3, -0.25) is 0 Å². The van der Waals surface area contributed by atoms with Crippen LogP contribution in [0, 0.1) is 17.8 Å². The smallest absolute Gasteiger partial charge is 0.0360 e. The van der Waals surface area contributed by atoms with Crippen molar-refractivity contribution in [2.24, 2.45) is 17.8 Å². The van der Waals surface area contributed by atoms with Crippen molar-refractivity contribution in [3.63, 3.8) is 0 Å². The van der Waals surface area contributed by atoms with Crippen molar-refractivity contribution in [3.8, 4) is 0 Å². The van der Waals surface area contributed by atoms with Crippen LogP contribution >= 0.6 is 0 Å². The lowest BCUT2D eigenvalue weighted by Crippen LogP contribution is -2.23. The van der Waals surface area contributed by atoms with Crippen molar-refractivity contribution in [2.45, 2.75) is 32.6 Å². The Hall–Kier alpha value is 0. The van der Waals surface area contributed by atoms with E-state index in [0.29, 0.717) is 0 Å². The van der Waals surface area contributed by atoms with Gasteiger partial charge in [0, 0.05) is 0 Å². The highest BCUT2D eigenvalue weighted by Crippen LogP contribution is 2.49. The Morgan fingerprint density at radius 2 is 1.75 bits per heavy atom. The molecule has 0 N–H and O–H groups in total. The summed E-state index contributed by atoms with van der Waals surface area (Å²) >= 11 is 0. The van der Waals surface area contributed by atoms with E-state index in [2.05, 4.69) is 6.92 Å². The predicted octanol–water partition coefficient (Wildman–Crippen LogP) is 2.44. The van der Waals surface area contributed by atoms with Gasteiger partial charge in [-0.05, 0) is 37.0 Å². The Morgan fingerprint density at radius 3 is 2.00 bits per heavy atom. The van der Waals surface area contributed by atoms with Crippen LogP contribution in [0.15, 0.2) is 0 Å². The molecule has 0 heteroatoms. The molecule has 2 saturated carbocycles. The number of fused-ring (bicyclic) bond motifs is 1. The topological polar surface area (TPSA) is 0 Å². The number of rotatable bonds is 0. The highest BCUT2D eigenvalue weighted by Gasteiger charge is 2.39. The highest BCUT2D eigenvalue weighted by molar-refractivity contribution is 4.89. The monoisotopic (exact) mass is 110 g/mol. The van der Waals surface area contributed by atoms with Crippen LogP contribution in [0.25, 0.3) is 0 Å². The van der Waals surface area contributed by atoms with Crippen LogP contribution in [0.4, 0.5) is 0 Å². The third-order valence-electron chi connectivity index (χ3n) is 3.20. The normalized spacial score (nSPS) is 52.9. The average Bonchev–Trinajstić information content (AvgIpc) is 1.80.